The van der Waals surface area contributed by atoms with Gasteiger partial charge in [0.15, 0.2) is 11.5 Å². The molecule has 0 saturated heterocycles. The Bertz CT molecular complexity index is 764. The number of hydrogen-bond acceptors (Lipinski definition) is 4. The molecule has 0 aliphatic carbocycles. The molecule has 0 radical (unpaired) electrons. The van der Waals surface area contributed by atoms with E-state index in [0.29, 0.717) is 23.5 Å². The highest BCUT2D eigenvalue weighted by Gasteiger charge is 2.09. The maximum absolute atomic E-state index is 5.82. The summed E-state index contributed by atoms with van der Waals surface area (Å²) < 4.78 is 1.87. The smallest absolute Gasteiger partial charge is 0.226 e. The number of imidazole rings is 1. The van der Waals surface area contributed by atoms with Gasteiger partial charge in [0.2, 0.25) is 5.28 Å². The van der Waals surface area contributed by atoms with Crippen molar-refractivity contribution in [2.45, 2.75) is 6.54 Å². The molecule has 3 aromatic rings. The van der Waals surface area contributed by atoms with Crippen molar-refractivity contribution in [2.24, 2.45) is 0 Å². The first kappa shape index (κ1) is 12.6. The maximum atomic E-state index is 5.82. The van der Waals surface area contributed by atoms with Crippen LogP contribution < -0.4 is 5.73 Å². The van der Waals surface area contributed by atoms with E-state index >= 15 is 0 Å². The fourth-order valence-corrected chi connectivity index (χ4v) is 2.11. The summed E-state index contributed by atoms with van der Waals surface area (Å²) in [5, 5.41) is 0.129. The Labute approximate surface area is 120 Å². The quantitative estimate of drug-likeness (QED) is 0.751. The van der Waals surface area contributed by atoms with Gasteiger partial charge in [-0.15, -0.1) is 0 Å². The number of allylic oxidation sites excluding steroid dienone is 1. The molecule has 0 fully saturated rings. The molecule has 0 aliphatic heterocycles. The van der Waals surface area contributed by atoms with Crippen LogP contribution in [0.25, 0.3) is 17.2 Å². The number of anilines is 1. The van der Waals surface area contributed by atoms with Gasteiger partial charge in [-0.1, -0.05) is 42.5 Å². The van der Waals surface area contributed by atoms with Gasteiger partial charge in [-0.3, -0.25) is 0 Å². The molecule has 5 nitrogen and oxygen atoms in total. The second-order valence-electron chi connectivity index (χ2n) is 4.26. The van der Waals surface area contributed by atoms with Crippen molar-refractivity contribution >= 4 is 34.7 Å². The molecule has 0 bridgehead atoms. The standard InChI is InChI=1S/C14H12ClN5/c15-14-18-12(16)11-13(19-14)20(9-17-11)8-4-7-10-5-2-1-3-6-10/h1-7,9H,8H2,(H2,16,18,19). The van der Waals surface area contributed by atoms with Crippen LogP contribution >= 0.6 is 11.6 Å². The minimum atomic E-state index is 0.129. The van der Waals surface area contributed by atoms with Gasteiger partial charge in [0.25, 0.3) is 0 Å². The van der Waals surface area contributed by atoms with E-state index in [-0.39, 0.29) is 5.28 Å². The molecule has 2 N–H and O–H groups in total. The van der Waals surface area contributed by atoms with Crippen LogP contribution in [-0.2, 0) is 6.54 Å². The summed E-state index contributed by atoms with van der Waals surface area (Å²) in [7, 11) is 0. The van der Waals surface area contributed by atoms with Crippen molar-refractivity contribution in [3.05, 3.63) is 53.6 Å². The van der Waals surface area contributed by atoms with E-state index in [1.165, 1.54) is 0 Å². The van der Waals surface area contributed by atoms with Gasteiger partial charge in [-0.25, -0.2) is 4.98 Å². The zero-order valence-electron chi connectivity index (χ0n) is 10.6. The normalized spacial score (nSPS) is 11.4. The van der Waals surface area contributed by atoms with Crippen molar-refractivity contribution in [3.63, 3.8) is 0 Å². The lowest BCUT2D eigenvalue weighted by atomic mass is 10.2. The van der Waals surface area contributed by atoms with Gasteiger partial charge in [0.05, 0.1) is 6.33 Å². The number of nitrogens with two attached hydrogens (primary N) is 1. The van der Waals surface area contributed by atoms with Crippen LogP contribution in [0.2, 0.25) is 5.28 Å². The molecule has 2 aromatic heterocycles. The van der Waals surface area contributed by atoms with Crippen molar-refractivity contribution in [1.29, 1.82) is 0 Å². The van der Waals surface area contributed by atoms with Crippen molar-refractivity contribution in [2.75, 3.05) is 5.73 Å². The van der Waals surface area contributed by atoms with Crippen LogP contribution in [0.1, 0.15) is 5.56 Å². The lowest BCUT2D eigenvalue weighted by molar-refractivity contribution is 0.839. The van der Waals surface area contributed by atoms with E-state index in [1.807, 2.05) is 47.1 Å². The lowest BCUT2D eigenvalue weighted by Gasteiger charge is -2.00. The molecule has 6 heteroatoms. The summed E-state index contributed by atoms with van der Waals surface area (Å²) in [6.45, 7) is 0.637. The first-order valence-corrected chi connectivity index (χ1v) is 6.47. The Kier molecular flexibility index (Phi) is 3.35. The largest absolute Gasteiger partial charge is 0.382 e. The predicted octanol–water partition coefficient (Wildman–Crippen LogP) is 2.78. The Hall–Kier alpha value is -2.40. The van der Waals surface area contributed by atoms with Crippen LogP contribution in [0, 0.1) is 0 Å². The topological polar surface area (TPSA) is 69.6 Å². The molecule has 0 aliphatic rings. The van der Waals surface area contributed by atoms with Crippen LogP contribution in [0.5, 0.6) is 0 Å². The fourth-order valence-electron chi connectivity index (χ4n) is 1.94. The average molecular weight is 286 g/mol. The highest BCUT2D eigenvalue weighted by molar-refractivity contribution is 6.28. The zero-order chi connectivity index (χ0) is 13.9. The second-order valence-corrected chi connectivity index (χ2v) is 4.60. The third kappa shape index (κ3) is 2.48. The maximum Gasteiger partial charge on any atom is 0.226 e. The van der Waals surface area contributed by atoms with Gasteiger partial charge < -0.3 is 10.3 Å². The monoisotopic (exact) mass is 285 g/mol. The molecule has 1 aromatic carbocycles. The number of rotatable bonds is 3. The molecule has 3 rings (SSSR count). The Morgan fingerprint density at radius 3 is 2.80 bits per heavy atom. The predicted molar refractivity (Wildman–Crippen MR) is 80.2 cm³/mol. The molecule has 0 atom stereocenters. The summed E-state index contributed by atoms with van der Waals surface area (Å²) in [4.78, 5) is 12.2. The number of fused-ring (bicyclic) bond motifs is 1. The van der Waals surface area contributed by atoms with E-state index in [4.69, 9.17) is 17.3 Å². The van der Waals surface area contributed by atoms with E-state index in [1.54, 1.807) is 6.33 Å². The lowest BCUT2D eigenvalue weighted by Crippen LogP contribution is -1.98. The molecule has 0 unspecified atom stereocenters. The Morgan fingerprint density at radius 2 is 2.00 bits per heavy atom. The van der Waals surface area contributed by atoms with Crippen LogP contribution in [0.15, 0.2) is 42.7 Å². The molecule has 0 spiro atoms. The SMILES string of the molecule is Nc1nc(Cl)nc2c1ncn2CC=Cc1ccccc1. The number of hydrogen-bond donors (Lipinski definition) is 1. The van der Waals surface area contributed by atoms with Crippen molar-refractivity contribution in [1.82, 2.24) is 19.5 Å². The number of benzene rings is 1. The molecule has 0 saturated carbocycles. The second kappa shape index (κ2) is 5.30. The first-order valence-electron chi connectivity index (χ1n) is 6.09. The molecule has 0 amide bonds. The average Bonchev–Trinajstić information content (AvgIpc) is 2.83. The highest BCUT2D eigenvalue weighted by atomic mass is 35.5. The summed E-state index contributed by atoms with van der Waals surface area (Å²) >= 11 is 5.82. The fraction of sp³-hybridized carbons (Fsp3) is 0.0714. The van der Waals surface area contributed by atoms with Gasteiger partial charge in [-0.05, 0) is 17.2 Å². The third-order valence-electron chi connectivity index (χ3n) is 2.88. The summed E-state index contributed by atoms with van der Waals surface area (Å²) in [6, 6.07) is 10.1. The highest BCUT2D eigenvalue weighted by Crippen LogP contribution is 2.18. The number of aromatic nitrogens is 4. The van der Waals surface area contributed by atoms with Crippen molar-refractivity contribution in [3.8, 4) is 0 Å². The number of nitrogens with zero attached hydrogens (tertiary/aromatic N) is 4. The third-order valence-corrected chi connectivity index (χ3v) is 3.04. The van der Waals surface area contributed by atoms with E-state index < -0.39 is 0 Å². The molecular weight excluding hydrogens is 274 g/mol. The van der Waals surface area contributed by atoms with Gasteiger partial charge in [0.1, 0.15) is 5.52 Å². The molecular formula is C14H12ClN5. The van der Waals surface area contributed by atoms with Crippen LogP contribution in [0.4, 0.5) is 5.82 Å². The molecule has 100 valence electrons. The minimum absolute atomic E-state index is 0.129. The van der Waals surface area contributed by atoms with Gasteiger partial charge >= 0.3 is 0 Å². The number of nitrogen functional groups attached to an aromatic ring is 1. The summed E-state index contributed by atoms with van der Waals surface area (Å²) in [5.41, 5.74) is 8.11. The molecule has 20 heavy (non-hydrogen) atoms. The van der Waals surface area contributed by atoms with Gasteiger partial charge in [-0.2, -0.15) is 9.97 Å². The van der Waals surface area contributed by atoms with Gasteiger partial charge in [0, 0.05) is 6.54 Å². The van der Waals surface area contributed by atoms with Crippen molar-refractivity contribution < 1.29 is 0 Å². The van der Waals surface area contributed by atoms with E-state index in [0.717, 1.165) is 5.56 Å². The minimum Gasteiger partial charge on any atom is -0.382 e. The van der Waals surface area contributed by atoms with E-state index in [9.17, 15) is 0 Å². The Balaban J connectivity index is 1.87. The molecule has 2 heterocycles. The number of halogens is 1. The summed E-state index contributed by atoms with van der Waals surface area (Å²) in [5.74, 6) is 0.297. The van der Waals surface area contributed by atoms with Crippen LogP contribution in [0.3, 0.4) is 0 Å². The summed E-state index contributed by atoms with van der Waals surface area (Å²) in [6.07, 6.45) is 5.75. The Morgan fingerprint density at radius 1 is 1.20 bits per heavy atom. The van der Waals surface area contributed by atoms with Crippen LogP contribution in [-0.4, -0.2) is 19.5 Å². The van der Waals surface area contributed by atoms with E-state index in [2.05, 4.69) is 15.0 Å². The first-order chi connectivity index (χ1) is 9.74. The zero-order valence-corrected chi connectivity index (χ0v) is 11.3.